The van der Waals surface area contributed by atoms with Gasteiger partial charge in [0.15, 0.2) is 0 Å². The summed E-state index contributed by atoms with van der Waals surface area (Å²) in [5.74, 6) is 0. The summed E-state index contributed by atoms with van der Waals surface area (Å²) in [6.45, 7) is 10.1. The van der Waals surface area contributed by atoms with Gasteiger partial charge in [0.05, 0.1) is 4.90 Å². The van der Waals surface area contributed by atoms with Gasteiger partial charge in [0.1, 0.15) is 0 Å². The summed E-state index contributed by atoms with van der Waals surface area (Å²) >= 11 is 0. The van der Waals surface area contributed by atoms with Crippen molar-refractivity contribution in [1.82, 2.24) is 4.72 Å². The molecule has 0 aliphatic carbocycles. The monoisotopic (exact) mass is 284 g/mol. The van der Waals surface area contributed by atoms with Crippen LogP contribution in [0.2, 0.25) is 0 Å². The van der Waals surface area contributed by atoms with Crippen LogP contribution >= 0.6 is 0 Å². The van der Waals surface area contributed by atoms with Crippen molar-refractivity contribution < 1.29 is 8.42 Å². The number of rotatable bonds is 4. The summed E-state index contributed by atoms with van der Waals surface area (Å²) in [7, 11) is -3.50. The molecule has 0 saturated heterocycles. The highest BCUT2D eigenvalue weighted by atomic mass is 32.2. The Morgan fingerprint density at radius 1 is 1.32 bits per heavy atom. The summed E-state index contributed by atoms with van der Waals surface area (Å²) in [6.07, 6.45) is 0. The Kier molecular flexibility index (Phi) is 4.76. The van der Waals surface area contributed by atoms with Crippen LogP contribution in [-0.2, 0) is 16.6 Å². The van der Waals surface area contributed by atoms with E-state index in [1.54, 1.807) is 18.2 Å². The fraction of sp³-hybridized carbons (Fsp3) is 0.571. The van der Waals surface area contributed by atoms with Crippen LogP contribution in [0.4, 0.5) is 0 Å². The quantitative estimate of drug-likeness (QED) is 0.890. The second-order valence-electron chi connectivity index (χ2n) is 6.00. The first kappa shape index (κ1) is 16.1. The lowest BCUT2D eigenvalue weighted by atomic mass is 9.89. The Hall–Kier alpha value is -0.910. The first-order valence-corrected chi connectivity index (χ1v) is 7.88. The lowest BCUT2D eigenvalue weighted by molar-refractivity contribution is 0.317. The zero-order valence-electron chi connectivity index (χ0n) is 12.3. The first-order valence-electron chi connectivity index (χ1n) is 6.40. The van der Waals surface area contributed by atoms with Crippen LogP contribution in [0.3, 0.4) is 0 Å². The van der Waals surface area contributed by atoms with Gasteiger partial charge in [-0.3, -0.25) is 0 Å². The van der Waals surface area contributed by atoms with E-state index in [1.165, 1.54) is 0 Å². The van der Waals surface area contributed by atoms with Gasteiger partial charge in [-0.2, -0.15) is 0 Å². The topological polar surface area (TPSA) is 72.2 Å². The largest absolute Gasteiger partial charge is 0.326 e. The van der Waals surface area contributed by atoms with Gasteiger partial charge in [0.25, 0.3) is 0 Å². The van der Waals surface area contributed by atoms with Crippen molar-refractivity contribution >= 4 is 10.0 Å². The average Bonchev–Trinajstić information content (AvgIpc) is 2.27. The molecule has 108 valence electrons. The van der Waals surface area contributed by atoms with Gasteiger partial charge >= 0.3 is 0 Å². The van der Waals surface area contributed by atoms with Gasteiger partial charge < -0.3 is 5.73 Å². The van der Waals surface area contributed by atoms with Crippen LogP contribution in [0.1, 0.15) is 38.8 Å². The number of benzene rings is 1. The summed E-state index contributed by atoms with van der Waals surface area (Å²) < 4.78 is 27.3. The molecule has 4 nitrogen and oxygen atoms in total. The fourth-order valence-corrected chi connectivity index (χ4v) is 3.01. The number of nitrogens with two attached hydrogens (primary N) is 1. The van der Waals surface area contributed by atoms with Gasteiger partial charge in [0.2, 0.25) is 10.0 Å². The van der Waals surface area contributed by atoms with E-state index in [-0.39, 0.29) is 16.4 Å². The molecule has 19 heavy (non-hydrogen) atoms. The van der Waals surface area contributed by atoms with Crippen molar-refractivity contribution in [1.29, 1.82) is 0 Å². The molecule has 0 radical (unpaired) electrons. The minimum absolute atomic E-state index is 0.130. The van der Waals surface area contributed by atoms with E-state index in [9.17, 15) is 8.42 Å². The molecule has 0 heterocycles. The van der Waals surface area contributed by atoms with E-state index in [0.29, 0.717) is 6.54 Å². The SMILES string of the molecule is Cc1ccc(S(=O)(=O)NC(C)C(C)(C)C)cc1CN. The van der Waals surface area contributed by atoms with E-state index in [0.717, 1.165) is 11.1 Å². The maximum absolute atomic E-state index is 12.3. The van der Waals surface area contributed by atoms with Crippen molar-refractivity contribution in [2.45, 2.75) is 52.1 Å². The summed E-state index contributed by atoms with van der Waals surface area (Å²) in [4.78, 5) is 0.273. The van der Waals surface area contributed by atoms with Crippen LogP contribution < -0.4 is 10.5 Å². The number of sulfonamides is 1. The maximum atomic E-state index is 12.3. The summed E-state index contributed by atoms with van der Waals surface area (Å²) in [5.41, 5.74) is 7.35. The molecule has 0 saturated carbocycles. The zero-order valence-corrected chi connectivity index (χ0v) is 13.1. The zero-order chi connectivity index (χ0) is 14.8. The van der Waals surface area contributed by atoms with Crippen molar-refractivity contribution in [3.05, 3.63) is 29.3 Å². The molecule has 1 unspecified atom stereocenters. The molecule has 1 aromatic carbocycles. The predicted molar refractivity (Wildman–Crippen MR) is 78.3 cm³/mol. The Morgan fingerprint density at radius 3 is 2.37 bits per heavy atom. The Bertz CT molecular complexity index is 545. The van der Waals surface area contributed by atoms with Gasteiger partial charge in [-0.1, -0.05) is 26.8 Å². The number of aryl methyl sites for hydroxylation is 1. The van der Waals surface area contributed by atoms with Crippen LogP contribution in [-0.4, -0.2) is 14.5 Å². The predicted octanol–water partition coefficient (Wildman–Crippen LogP) is 2.17. The van der Waals surface area contributed by atoms with Crippen LogP contribution in [0, 0.1) is 12.3 Å². The lowest BCUT2D eigenvalue weighted by Crippen LogP contribution is -2.41. The second kappa shape index (κ2) is 5.61. The molecule has 1 atom stereocenters. The van der Waals surface area contributed by atoms with Gasteiger partial charge in [-0.15, -0.1) is 0 Å². The molecule has 0 amide bonds. The third-order valence-corrected chi connectivity index (χ3v) is 5.02. The molecule has 0 aromatic heterocycles. The van der Waals surface area contributed by atoms with Crippen molar-refractivity contribution in [3.8, 4) is 0 Å². The van der Waals surface area contributed by atoms with E-state index >= 15 is 0 Å². The lowest BCUT2D eigenvalue weighted by Gasteiger charge is -2.27. The molecule has 1 rings (SSSR count). The molecule has 5 heteroatoms. The molecule has 3 N–H and O–H groups in total. The van der Waals surface area contributed by atoms with Crippen LogP contribution in [0.25, 0.3) is 0 Å². The van der Waals surface area contributed by atoms with Gasteiger partial charge in [-0.05, 0) is 42.5 Å². The molecular weight excluding hydrogens is 260 g/mol. The van der Waals surface area contributed by atoms with Gasteiger partial charge in [0, 0.05) is 12.6 Å². The van der Waals surface area contributed by atoms with Crippen molar-refractivity contribution in [2.75, 3.05) is 0 Å². The summed E-state index contributed by atoms with van der Waals surface area (Å²) in [6, 6.07) is 4.90. The third kappa shape index (κ3) is 4.03. The van der Waals surface area contributed by atoms with Crippen molar-refractivity contribution in [3.63, 3.8) is 0 Å². The van der Waals surface area contributed by atoms with E-state index in [4.69, 9.17) is 5.73 Å². The van der Waals surface area contributed by atoms with Gasteiger partial charge in [-0.25, -0.2) is 13.1 Å². The Morgan fingerprint density at radius 2 is 1.89 bits per heavy atom. The molecule has 0 aliphatic rings. The molecule has 1 aromatic rings. The minimum atomic E-state index is -3.50. The van der Waals surface area contributed by atoms with Crippen molar-refractivity contribution in [2.24, 2.45) is 11.1 Å². The maximum Gasteiger partial charge on any atom is 0.240 e. The standard InChI is InChI=1S/C14H24N2O2S/c1-10-6-7-13(8-12(10)9-15)19(17,18)16-11(2)14(3,4)5/h6-8,11,16H,9,15H2,1-5H3. The normalized spacial score (nSPS) is 14.4. The highest BCUT2D eigenvalue weighted by Gasteiger charge is 2.26. The number of hydrogen-bond donors (Lipinski definition) is 2. The highest BCUT2D eigenvalue weighted by Crippen LogP contribution is 2.22. The number of hydrogen-bond acceptors (Lipinski definition) is 3. The average molecular weight is 284 g/mol. The molecule has 0 aliphatic heterocycles. The Labute approximate surface area is 116 Å². The molecule has 0 fully saturated rings. The molecule has 0 bridgehead atoms. The fourth-order valence-electron chi connectivity index (χ4n) is 1.51. The van der Waals surface area contributed by atoms with Crippen LogP contribution in [0.5, 0.6) is 0 Å². The smallest absolute Gasteiger partial charge is 0.240 e. The minimum Gasteiger partial charge on any atom is -0.326 e. The second-order valence-corrected chi connectivity index (χ2v) is 7.72. The first-order chi connectivity index (χ1) is 8.58. The van der Waals surface area contributed by atoms with E-state index in [2.05, 4.69) is 4.72 Å². The molecule has 0 spiro atoms. The third-order valence-electron chi connectivity index (χ3n) is 3.48. The molecular formula is C14H24N2O2S. The summed E-state index contributed by atoms with van der Waals surface area (Å²) in [5, 5.41) is 0. The van der Waals surface area contributed by atoms with E-state index < -0.39 is 10.0 Å². The highest BCUT2D eigenvalue weighted by molar-refractivity contribution is 7.89. The van der Waals surface area contributed by atoms with Crippen LogP contribution in [0.15, 0.2) is 23.1 Å². The Balaban J connectivity index is 3.08. The number of nitrogens with one attached hydrogen (secondary N) is 1. The van der Waals surface area contributed by atoms with E-state index in [1.807, 2.05) is 34.6 Å².